The van der Waals surface area contributed by atoms with Crippen molar-refractivity contribution in [3.05, 3.63) is 120 Å². The lowest BCUT2D eigenvalue weighted by Gasteiger charge is -2.19. The zero-order chi connectivity index (χ0) is 27.3. The summed E-state index contributed by atoms with van der Waals surface area (Å²) in [5.74, 6) is 1.47. The first-order valence-corrected chi connectivity index (χ1v) is 12.8. The van der Waals surface area contributed by atoms with Gasteiger partial charge in [0.1, 0.15) is 23.3 Å². The molecule has 0 saturated carbocycles. The van der Waals surface area contributed by atoms with Crippen LogP contribution in [-0.2, 0) is 27.4 Å². The number of methoxy groups -OCH3 is 1. The van der Waals surface area contributed by atoms with E-state index in [2.05, 4.69) is 10.6 Å². The molecule has 0 aliphatic heterocycles. The lowest BCUT2D eigenvalue weighted by atomic mass is 10.1. The van der Waals surface area contributed by atoms with Crippen LogP contribution < -0.4 is 20.1 Å². The van der Waals surface area contributed by atoms with E-state index in [0.717, 1.165) is 22.6 Å². The van der Waals surface area contributed by atoms with Gasteiger partial charge < -0.3 is 24.8 Å². The summed E-state index contributed by atoms with van der Waals surface area (Å²) >= 11 is 0. The normalized spacial score (nSPS) is 11.3. The Morgan fingerprint density at radius 2 is 1.41 bits per heavy atom. The minimum atomic E-state index is -0.876. The van der Waals surface area contributed by atoms with Crippen molar-refractivity contribution < 1.29 is 23.8 Å². The molecular weight excluding hydrogens is 492 g/mol. The van der Waals surface area contributed by atoms with Gasteiger partial charge in [-0.1, -0.05) is 66.7 Å². The fourth-order valence-electron chi connectivity index (χ4n) is 3.94. The Balaban J connectivity index is 1.36. The Labute approximate surface area is 228 Å². The van der Waals surface area contributed by atoms with E-state index in [1.807, 2.05) is 84.9 Å². The molecule has 2 amide bonds. The second-order valence-corrected chi connectivity index (χ2v) is 8.86. The number of nitrogens with one attached hydrogen (secondary N) is 2. The number of benzene rings is 4. The predicted octanol–water partition coefficient (Wildman–Crippen LogP) is 5.76. The van der Waals surface area contributed by atoms with E-state index in [-0.39, 0.29) is 24.8 Å². The van der Waals surface area contributed by atoms with Gasteiger partial charge in [0.25, 0.3) is 0 Å². The number of ether oxygens (including phenoxy) is 3. The Morgan fingerprint density at radius 3 is 2.13 bits per heavy atom. The minimum Gasteiger partial charge on any atom is -0.496 e. The van der Waals surface area contributed by atoms with Crippen molar-refractivity contribution in [1.29, 1.82) is 0 Å². The van der Waals surface area contributed by atoms with Gasteiger partial charge in [-0.15, -0.1) is 0 Å². The molecule has 0 fully saturated rings. The van der Waals surface area contributed by atoms with Crippen LogP contribution in [0.2, 0.25) is 0 Å². The zero-order valence-corrected chi connectivity index (χ0v) is 21.8. The molecule has 39 heavy (non-hydrogen) atoms. The summed E-state index contributed by atoms with van der Waals surface area (Å²) in [6.45, 7) is 0.351. The second kappa shape index (κ2) is 14.4. The van der Waals surface area contributed by atoms with Crippen LogP contribution >= 0.6 is 0 Å². The summed E-state index contributed by atoms with van der Waals surface area (Å²) in [5, 5.41) is 5.70. The summed E-state index contributed by atoms with van der Waals surface area (Å²) in [5.41, 5.74) is 2.49. The van der Waals surface area contributed by atoms with Crippen LogP contribution in [0.3, 0.4) is 0 Å². The Bertz CT molecular complexity index is 1330. The topological polar surface area (TPSA) is 85.9 Å². The number of aryl methyl sites for hydroxylation is 1. The first-order chi connectivity index (χ1) is 19.1. The van der Waals surface area contributed by atoms with Crippen molar-refractivity contribution in [1.82, 2.24) is 5.32 Å². The molecule has 4 aromatic carbocycles. The average molecular weight is 525 g/mol. The number of hydrogen-bond acceptors (Lipinski definition) is 5. The number of para-hydroxylation sites is 2. The van der Waals surface area contributed by atoms with Crippen LogP contribution in [0.5, 0.6) is 17.2 Å². The molecule has 0 spiro atoms. The molecule has 4 rings (SSSR count). The molecule has 200 valence electrons. The van der Waals surface area contributed by atoms with Gasteiger partial charge in [-0.2, -0.15) is 0 Å². The van der Waals surface area contributed by atoms with Crippen molar-refractivity contribution in [2.45, 2.75) is 25.5 Å². The molecule has 0 aromatic heterocycles. The predicted molar refractivity (Wildman–Crippen MR) is 151 cm³/mol. The molecule has 7 heteroatoms. The fourth-order valence-corrected chi connectivity index (χ4v) is 3.94. The Morgan fingerprint density at radius 1 is 0.769 bits per heavy atom. The molecular formula is C32H32N2O5. The molecule has 4 aromatic rings. The number of hydrogen-bond donors (Lipinski definition) is 2. The van der Waals surface area contributed by atoms with Gasteiger partial charge in [0.15, 0.2) is 0 Å². The molecule has 0 bridgehead atoms. The van der Waals surface area contributed by atoms with E-state index in [0.29, 0.717) is 24.5 Å². The van der Waals surface area contributed by atoms with Crippen LogP contribution in [0, 0.1) is 0 Å². The first kappa shape index (κ1) is 27.4. The highest BCUT2D eigenvalue weighted by Crippen LogP contribution is 2.23. The highest BCUT2D eigenvalue weighted by molar-refractivity contribution is 5.97. The molecule has 1 unspecified atom stereocenters. The molecule has 0 aliphatic rings. The van der Waals surface area contributed by atoms with Crippen molar-refractivity contribution in [2.24, 2.45) is 0 Å². The first-order valence-electron chi connectivity index (χ1n) is 12.8. The van der Waals surface area contributed by atoms with E-state index in [1.165, 1.54) is 0 Å². The van der Waals surface area contributed by atoms with Crippen molar-refractivity contribution in [3.8, 4) is 17.2 Å². The number of rotatable bonds is 13. The van der Waals surface area contributed by atoms with Gasteiger partial charge in [-0.05, 0) is 60.0 Å². The summed E-state index contributed by atoms with van der Waals surface area (Å²) in [6.07, 6.45) is 0.687. The highest BCUT2D eigenvalue weighted by atomic mass is 16.5. The molecule has 7 nitrogen and oxygen atoms in total. The summed E-state index contributed by atoms with van der Waals surface area (Å²) < 4.78 is 17.0. The Kier molecular flexibility index (Phi) is 10.1. The van der Waals surface area contributed by atoms with Gasteiger partial charge in [-0.3, -0.25) is 9.59 Å². The third-order valence-corrected chi connectivity index (χ3v) is 5.96. The molecule has 2 N–H and O–H groups in total. The number of carbonyl (C=O) groups is 2. The largest absolute Gasteiger partial charge is 0.496 e. The monoisotopic (exact) mass is 524 g/mol. The third kappa shape index (κ3) is 8.72. The van der Waals surface area contributed by atoms with Gasteiger partial charge >= 0.3 is 0 Å². The quantitative estimate of drug-likeness (QED) is 0.232. The van der Waals surface area contributed by atoms with E-state index >= 15 is 0 Å². The maximum absolute atomic E-state index is 13.2. The number of carbonyl (C=O) groups excluding carboxylic acids is 2. The Hall–Kier alpha value is -4.62. The lowest BCUT2D eigenvalue weighted by molar-refractivity contribution is -0.128. The van der Waals surface area contributed by atoms with E-state index in [4.69, 9.17) is 14.2 Å². The minimum absolute atomic E-state index is 0.0241. The zero-order valence-electron chi connectivity index (χ0n) is 21.8. The van der Waals surface area contributed by atoms with Gasteiger partial charge in [0.2, 0.25) is 11.8 Å². The van der Waals surface area contributed by atoms with Crippen LogP contribution in [0.25, 0.3) is 0 Å². The fraction of sp³-hybridized carbons (Fsp3) is 0.188. The molecule has 0 saturated heterocycles. The van der Waals surface area contributed by atoms with E-state index in [1.54, 1.807) is 31.4 Å². The molecule has 0 aliphatic carbocycles. The molecule has 0 radical (unpaired) electrons. The maximum Gasteiger partial charge on any atom is 0.249 e. The number of amides is 2. The summed E-state index contributed by atoms with van der Waals surface area (Å²) in [6, 6.07) is 32.9. The third-order valence-electron chi connectivity index (χ3n) is 5.96. The smallest absolute Gasteiger partial charge is 0.249 e. The molecule has 0 heterocycles. The van der Waals surface area contributed by atoms with Crippen LogP contribution in [0.1, 0.15) is 17.5 Å². The number of anilines is 1. The van der Waals surface area contributed by atoms with Crippen molar-refractivity contribution in [2.75, 3.05) is 19.0 Å². The van der Waals surface area contributed by atoms with Crippen LogP contribution in [-0.4, -0.2) is 31.6 Å². The van der Waals surface area contributed by atoms with E-state index < -0.39 is 6.04 Å². The molecule has 1 atom stereocenters. The summed E-state index contributed by atoms with van der Waals surface area (Å²) in [7, 11) is 1.60. The standard InChI is InChI=1S/C32H32N2O5/c1-37-30-15-9-8-12-25(30)16-21-31(35)34-29(23-38-22-24-10-4-2-5-11-24)32(36)33-26-17-19-28(20-18-26)39-27-13-6-3-7-14-27/h2-15,17-20,29H,16,21-23H2,1H3,(H,33,36)(H,34,35). The highest BCUT2D eigenvalue weighted by Gasteiger charge is 2.22. The van der Waals surface area contributed by atoms with Crippen LogP contribution in [0.4, 0.5) is 5.69 Å². The van der Waals surface area contributed by atoms with Crippen molar-refractivity contribution >= 4 is 17.5 Å². The summed E-state index contributed by atoms with van der Waals surface area (Å²) in [4.78, 5) is 26.0. The SMILES string of the molecule is COc1ccccc1CCC(=O)NC(COCc1ccccc1)C(=O)Nc1ccc(Oc2ccccc2)cc1. The lowest BCUT2D eigenvalue weighted by Crippen LogP contribution is -2.46. The second-order valence-electron chi connectivity index (χ2n) is 8.86. The maximum atomic E-state index is 13.2. The van der Waals surface area contributed by atoms with Gasteiger partial charge in [0.05, 0.1) is 20.3 Å². The average Bonchev–Trinajstić information content (AvgIpc) is 2.98. The van der Waals surface area contributed by atoms with Gasteiger partial charge in [0, 0.05) is 12.1 Å². The van der Waals surface area contributed by atoms with Crippen molar-refractivity contribution in [3.63, 3.8) is 0 Å². The van der Waals surface area contributed by atoms with E-state index in [9.17, 15) is 9.59 Å². The van der Waals surface area contributed by atoms with Crippen LogP contribution in [0.15, 0.2) is 109 Å². The van der Waals surface area contributed by atoms with Gasteiger partial charge in [-0.25, -0.2) is 0 Å².